The predicted molar refractivity (Wildman–Crippen MR) is 73.5 cm³/mol. The van der Waals surface area contributed by atoms with Crippen molar-refractivity contribution in [1.82, 2.24) is 4.90 Å². The fraction of sp³-hybridized carbons (Fsp3) is 0.533. The van der Waals surface area contributed by atoms with E-state index in [9.17, 15) is 4.79 Å². The SMILES string of the molecule is CC1CC(C(=O)N2CCc3cccc(N)c3C2)CO1. The first-order chi connectivity index (χ1) is 9.15. The maximum Gasteiger partial charge on any atom is 0.228 e. The highest BCUT2D eigenvalue weighted by Crippen LogP contribution is 2.27. The highest BCUT2D eigenvalue weighted by Gasteiger charge is 2.33. The molecule has 102 valence electrons. The van der Waals surface area contributed by atoms with E-state index >= 15 is 0 Å². The van der Waals surface area contributed by atoms with Gasteiger partial charge in [0.2, 0.25) is 5.91 Å². The summed E-state index contributed by atoms with van der Waals surface area (Å²) >= 11 is 0. The average molecular weight is 260 g/mol. The zero-order valence-corrected chi connectivity index (χ0v) is 11.3. The Morgan fingerprint density at radius 1 is 1.47 bits per heavy atom. The fourth-order valence-electron chi connectivity index (χ4n) is 3.04. The second kappa shape index (κ2) is 4.85. The van der Waals surface area contributed by atoms with Gasteiger partial charge >= 0.3 is 0 Å². The number of carbonyl (C=O) groups excluding carboxylic acids is 1. The summed E-state index contributed by atoms with van der Waals surface area (Å²) in [6.45, 7) is 4.02. The third-order valence-electron chi connectivity index (χ3n) is 4.17. The quantitative estimate of drug-likeness (QED) is 0.780. The van der Waals surface area contributed by atoms with Gasteiger partial charge in [-0.05, 0) is 37.0 Å². The fourth-order valence-corrected chi connectivity index (χ4v) is 3.04. The van der Waals surface area contributed by atoms with E-state index in [0.717, 1.165) is 30.6 Å². The number of amides is 1. The van der Waals surface area contributed by atoms with Crippen LogP contribution in [-0.2, 0) is 22.5 Å². The lowest BCUT2D eigenvalue weighted by Crippen LogP contribution is -2.40. The molecule has 0 spiro atoms. The Hall–Kier alpha value is -1.55. The minimum atomic E-state index is 0.0292. The number of anilines is 1. The lowest BCUT2D eigenvalue weighted by Gasteiger charge is -2.31. The number of hydrogen-bond acceptors (Lipinski definition) is 3. The van der Waals surface area contributed by atoms with Crippen LogP contribution in [0.25, 0.3) is 0 Å². The van der Waals surface area contributed by atoms with E-state index in [4.69, 9.17) is 10.5 Å². The largest absolute Gasteiger partial charge is 0.398 e. The van der Waals surface area contributed by atoms with Gasteiger partial charge in [0, 0.05) is 18.8 Å². The van der Waals surface area contributed by atoms with Crippen molar-refractivity contribution in [3.05, 3.63) is 29.3 Å². The van der Waals surface area contributed by atoms with Crippen molar-refractivity contribution in [2.45, 2.75) is 32.4 Å². The maximum absolute atomic E-state index is 12.5. The Morgan fingerprint density at radius 2 is 2.32 bits per heavy atom. The summed E-state index contributed by atoms with van der Waals surface area (Å²) in [5, 5.41) is 0. The van der Waals surface area contributed by atoms with Gasteiger partial charge in [-0.1, -0.05) is 12.1 Å². The minimum Gasteiger partial charge on any atom is -0.398 e. The van der Waals surface area contributed by atoms with Gasteiger partial charge in [-0.2, -0.15) is 0 Å². The van der Waals surface area contributed by atoms with Gasteiger partial charge in [-0.25, -0.2) is 0 Å². The van der Waals surface area contributed by atoms with Crippen LogP contribution in [0.15, 0.2) is 18.2 Å². The molecule has 0 bridgehead atoms. The summed E-state index contributed by atoms with van der Waals surface area (Å²) < 4.78 is 5.50. The molecule has 3 rings (SSSR count). The highest BCUT2D eigenvalue weighted by molar-refractivity contribution is 5.80. The van der Waals surface area contributed by atoms with Crippen LogP contribution in [-0.4, -0.2) is 30.1 Å². The summed E-state index contributed by atoms with van der Waals surface area (Å²) in [7, 11) is 0. The van der Waals surface area contributed by atoms with Gasteiger partial charge < -0.3 is 15.4 Å². The standard InChI is InChI=1S/C15H20N2O2/c1-10-7-12(9-19-10)15(18)17-6-5-11-3-2-4-14(16)13(11)8-17/h2-4,10,12H,5-9,16H2,1H3. The van der Waals surface area contributed by atoms with E-state index in [-0.39, 0.29) is 17.9 Å². The molecular formula is C15H20N2O2. The first-order valence-electron chi connectivity index (χ1n) is 6.92. The summed E-state index contributed by atoms with van der Waals surface area (Å²) in [4.78, 5) is 14.4. The van der Waals surface area contributed by atoms with Crippen molar-refractivity contribution < 1.29 is 9.53 Å². The second-order valence-corrected chi connectivity index (χ2v) is 5.57. The van der Waals surface area contributed by atoms with Gasteiger partial charge in [0.25, 0.3) is 0 Å². The van der Waals surface area contributed by atoms with Crippen LogP contribution in [0.1, 0.15) is 24.5 Å². The van der Waals surface area contributed by atoms with E-state index < -0.39 is 0 Å². The Morgan fingerprint density at radius 3 is 3.05 bits per heavy atom. The topological polar surface area (TPSA) is 55.6 Å². The molecule has 4 heteroatoms. The lowest BCUT2D eigenvalue weighted by atomic mass is 9.96. The van der Waals surface area contributed by atoms with Crippen molar-refractivity contribution in [1.29, 1.82) is 0 Å². The number of nitrogens with zero attached hydrogens (tertiary/aromatic N) is 1. The third kappa shape index (κ3) is 2.32. The van der Waals surface area contributed by atoms with E-state index in [1.165, 1.54) is 5.56 Å². The molecule has 1 saturated heterocycles. The molecule has 2 N–H and O–H groups in total. The van der Waals surface area contributed by atoms with Crippen LogP contribution in [0.3, 0.4) is 0 Å². The highest BCUT2D eigenvalue weighted by atomic mass is 16.5. The minimum absolute atomic E-state index is 0.0292. The molecule has 0 radical (unpaired) electrons. The third-order valence-corrected chi connectivity index (χ3v) is 4.17. The van der Waals surface area contributed by atoms with Crippen LogP contribution in [0.4, 0.5) is 5.69 Å². The molecule has 0 saturated carbocycles. The Kier molecular flexibility index (Phi) is 3.19. The van der Waals surface area contributed by atoms with Crippen LogP contribution in [0.5, 0.6) is 0 Å². The molecule has 1 aromatic rings. The van der Waals surface area contributed by atoms with Crippen LogP contribution in [0.2, 0.25) is 0 Å². The number of nitrogens with two attached hydrogens (primary N) is 1. The monoisotopic (exact) mass is 260 g/mol. The molecule has 0 aromatic heterocycles. The van der Waals surface area contributed by atoms with Crippen molar-refractivity contribution in [3.8, 4) is 0 Å². The predicted octanol–water partition coefficient (Wildman–Crippen LogP) is 1.58. The van der Waals surface area contributed by atoms with Crippen LogP contribution in [0, 0.1) is 5.92 Å². The van der Waals surface area contributed by atoms with Crippen LogP contribution < -0.4 is 5.73 Å². The second-order valence-electron chi connectivity index (χ2n) is 5.57. The Labute approximate surface area is 113 Å². The first-order valence-corrected chi connectivity index (χ1v) is 6.92. The first kappa shape index (κ1) is 12.5. The number of nitrogen functional groups attached to an aromatic ring is 1. The van der Waals surface area contributed by atoms with E-state index in [1.54, 1.807) is 0 Å². The number of fused-ring (bicyclic) bond motifs is 1. The smallest absolute Gasteiger partial charge is 0.228 e. The molecule has 1 amide bonds. The summed E-state index contributed by atoms with van der Waals surface area (Å²) in [5.74, 6) is 0.250. The molecule has 2 unspecified atom stereocenters. The average Bonchev–Trinajstić information content (AvgIpc) is 2.85. The van der Waals surface area contributed by atoms with Gasteiger partial charge in [-0.15, -0.1) is 0 Å². The summed E-state index contributed by atoms with van der Waals surface area (Å²) in [6.07, 6.45) is 1.94. The summed E-state index contributed by atoms with van der Waals surface area (Å²) in [5.41, 5.74) is 9.21. The van der Waals surface area contributed by atoms with Gasteiger partial charge in [0.1, 0.15) is 0 Å². The van der Waals surface area contributed by atoms with Crippen molar-refractivity contribution in [2.24, 2.45) is 5.92 Å². The van der Waals surface area contributed by atoms with E-state index in [2.05, 4.69) is 6.07 Å². The van der Waals surface area contributed by atoms with Crippen LogP contribution >= 0.6 is 0 Å². The molecule has 2 atom stereocenters. The zero-order chi connectivity index (χ0) is 13.4. The van der Waals surface area contributed by atoms with E-state index in [1.807, 2.05) is 24.0 Å². The van der Waals surface area contributed by atoms with Crippen molar-refractivity contribution >= 4 is 11.6 Å². The van der Waals surface area contributed by atoms with Gasteiger partial charge in [0.05, 0.1) is 18.6 Å². The molecule has 0 aliphatic carbocycles. The Balaban J connectivity index is 1.75. The molecule has 19 heavy (non-hydrogen) atoms. The zero-order valence-electron chi connectivity index (χ0n) is 11.3. The molecule has 2 heterocycles. The molecule has 1 aromatic carbocycles. The maximum atomic E-state index is 12.5. The normalized spacial score (nSPS) is 26.3. The number of hydrogen-bond donors (Lipinski definition) is 1. The van der Waals surface area contributed by atoms with Crippen molar-refractivity contribution in [2.75, 3.05) is 18.9 Å². The molecule has 2 aliphatic heterocycles. The van der Waals surface area contributed by atoms with E-state index in [0.29, 0.717) is 13.2 Å². The number of ether oxygens (including phenoxy) is 1. The number of benzene rings is 1. The lowest BCUT2D eigenvalue weighted by molar-refractivity contribution is -0.136. The van der Waals surface area contributed by atoms with Gasteiger partial charge in [0.15, 0.2) is 0 Å². The molecule has 1 fully saturated rings. The Bertz CT molecular complexity index is 501. The summed E-state index contributed by atoms with van der Waals surface area (Å²) in [6, 6.07) is 6.00. The van der Waals surface area contributed by atoms with Gasteiger partial charge in [-0.3, -0.25) is 4.79 Å². The molecule has 4 nitrogen and oxygen atoms in total. The number of rotatable bonds is 1. The number of carbonyl (C=O) groups is 1. The molecule has 2 aliphatic rings. The van der Waals surface area contributed by atoms with Crippen molar-refractivity contribution in [3.63, 3.8) is 0 Å². The molecular weight excluding hydrogens is 240 g/mol.